The van der Waals surface area contributed by atoms with Gasteiger partial charge < -0.3 is 0 Å². The molecule has 0 aliphatic heterocycles. The second-order valence-electron chi connectivity index (χ2n) is 4.83. The normalized spacial score (nSPS) is 13.0. The molecule has 0 saturated carbocycles. The molecular formula is C15H31. The van der Waals surface area contributed by atoms with E-state index in [9.17, 15) is 0 Å². The number of rotatable bonds is 11. The van der Waals surface area contributed by atoms with Crippen LogP contribution in [0, 0.1) is 12.8 Å². The minimum Gasteiger partial charge on any atom is -0.0654 e. The van der Waals surface area contributed by atoms with E-state index in [1.807, 2.05) is 0 Å². The fourth-order valence-corrected chi connectivity index (χ4v) is 2.23. The van der Waals surface area contributed by atoms with Crippen molar-refractivity contribution in [3.05, 3.63) is 6.92 Å². The van der Waals surface area contributed by atoms with E-state index in [4.69, 9.17) is 0 Å². The molecule has 0 aromatic rings. The fraction of sp³-hybridized carbons (Fsp3) is 0.933. The maximum absolute atomic E-state index is 3.95. The average molecular weight is 211 g/mol. The van der Waals surface area contributed by atoms with E-state index in [1.165, 1.54) is 64.2 Å². The smallest absolute Gasteiger partial charge is 0.0417 e. The zero-order chi connectivity index (χ0) is 11.4. The Morgan fingerprint density at radius 3 is 1.93 bits per heavy atom. The van der Waals surface area contributed by atoms with Crippen molar-refractivity contribution in [1.29, 1.82) is 0 Å². The van der Waals surface area contributed by atoms with E-state index in [0.717, 1.165) is 12.3 Å². The Morgan fingerprint density at radius 2 is 1.40 bits per heavy atom. The Labute approximate surface area is 97.8 Å². The standard InChI is InChI=1S/C15H31/c1-4-7-8-9-10-11-12-14-15(6-3)13-5-2/h15H,2,4-14H2,1,3H3. The van der Waals surface area contributed by atoms with E-state index in [1.54, 1.807) is 0 Å². The van der Waals surface area contributed by atoms with E-state index >= 15 is 0 Å². The van der Waals surface area contributed by atoms with Gasteiger partial charge in [0.25, 0.3) is 0 Å². The minimum absolute atomic E-state index is 0.957. The molecular weight excluding hydrogens is 180 g/mol. The van der Waals surface area contributed by atoms with Crippen LogP contribution in [-0.4, -0.2) is 0 Å². The summed E-state index contributed by atoms with van der Waals surface area (Å²) in [5.74, 6) is 0.957. The molecule has 0 spiro atoms. The largest absolute Gasteiger partial charge is 0.0654 e. The Morgan fingerprint density at radius 1 is 0.800 bits per heavy atom. The summed E-state index contributed by atoms with van der Waals surface area (Å²) in [6, 6.07) is 0. The highest BCUT2D eigenvalue weighted by molar-refractivity contribution is 4.59. The van der Waals surface area contributed by atoms with Crippen molar-refractivity contribution in [3.63, 3.8) is 0 Å². The van der Waals surface area contributed by atoms with Crippen LogP contribution in [-0.2, 0) is 0 Å². The van der Waals surface area contributed by atoms with Crippen molar-refractivity contribution in [2.24, 2.45) is 5.92 Å². The van der Waals surface area contributed by atoms with Crippen LogP contribution in [0.4, 0.5) is 0 Å². The van der Waals surface area contributed by atoms with Crippen molar-refractivity contribution in [1.82, 2.24) is 0 Å². The van der Waals surface area contributed by atoms with E-state index < -0.39 is 0 Å². The second kappa shape index (κ2) is 12.1. The molecule has 0 fully saturated rings. The van der Waals surface area contributed by atoms with Crippen LogP contribution >= 0.6 is 0 Å². The maximum atomic E-state index is 3.95. The molecule has 0 N–H and O–H groups in total. The summed E-state index contributed by atoms with van der Waals surface area (Å²) in [6.07, 6.45) is 15.3. The number of unbranched alkanes of at least 4 members (excludes halogenated alkanes) is 6. The van der Waals surface area contributed by atoms with Gasteiger partial charge in [0.1, 0.15) is 0 Å². The van der Waals surface area contributed by atoms with Gasteiger partial charge >= 0.3 is 0 Å². The molecule has 0 aromatic carbocycles. The first-order chi connectivity index (χ1) is 7.35. The van der Waals surface area contributed by atoms with Gasteiger partial charge in [-0.3, -0.25) is 0 Å². The predicted molar refractivity (Wildman–Crippen MR) is 71.0 cm³/mol. The van der Waals surface area contributed by atoms with Crippen LogP contribution in [0.2, 0.25) is 0 Å². The summed E-state index contributed by atoms with van der Waals surface area (Å²) >= 11 is 0. The summed E-state index contributed by atoms with van der Waals surface area (Å²) in [4.78, 5) is 0. The number of hydrogen-bond acceptors (Lipinski definition) is 0. The molecule has 0 amide bonds. The summed E-state index contributed by atoms with van der Waals surface area (Å²) < 4.78 is 0. The molecule has 91 valence electrons. The topological polar surface area (TPSA) is 0 Å². The molecule has 0 heterocycles. The summed E-state index contributed by atoms with van der Waals surface area (Å²) in [5, 5.41) is 0. The van der Waals surface area contributed by atoms with Crippen molar-refractivity contribution >= 4 is 0 Å². The lowest BCUT2D eigenvalue weighted by molar-refractivity contribution is 0.414. The Kier molecular flexibility index (Phi) is 12.1. The van der Waals surface area contributed by atoms with Gasteiger partial charge in [0.15, 0.2) is 0 Å². The molecule has 0 aromatic heterocycles. The van der Waals surface area contributed by atoms with E-state index in [2.05, 4.69) is 20.8 Å². The van der Waals surface area contributed by atoms with Crippen LogP contribution in [0.1, 0.15) is 84.5 Å². The van der Waals surface area contributed by atoms with Crippen molar-refractivity contribution < 1.29 is 0 Å². The molecule has 1 atom stereocenters. The molecule has 0 aliphatic rings. The lowest BCUT2D eigenvalue weighted by atomic mass is 9.94. The van der Waals surface area contributed by atoms with Crippen LogP contribution in [0.5, 0.6) is 0 Å². The molecule has 0 rings (SSSR count). The highest BCUT2D eigenvalue weighted by Crippen LogP contribution is 2.19. The van der Waals surface area contributed by atoms with E-state index in [-0.39, 0.29) is 0 Å². The van der Waals surface area contributed by atoms with Crippen LogP contribution in [0.15, 0.2) is 0 Å². The summed E-state index contributed by atoms with van der Waals surface area (Å²) in [5.41, 5.74) is 0. The van der Waals surface area contributed by atoms with Gasteiger partial charge in [0.2, 0.25) is 0 Å². The first-order valence-corrected chi connectivity index (χ1v) is 7.14. The fourth-order valence-electron chi connectivity index (χ4n) is 2.23. The predicted octanol–water partition coefficient (Wildman–Crippen LogP) is 5.77. The molecule has 0 bridgehead atoms. The van der Waals surface area contributed by atoms with Gasteiger partial charge in [-0.05, 0) is 5.92 Å². The monoisotopic (exact) mass is 211 g/mol. The Hall–Kier alpha value is 0. The molecule has 0 aliphatic carbocycles. The van der Waals surface area contributed by atoms with E-state index in [0.29, 0.717) is 0 Å². The van der Waals surface area contributed by atoms with Gasteiger partial charge in [-0.2, -0.15) is 0 Å². The van der Waals surface area contributed by atoms with Gasteiger partial charge in [0.05, 0.1) is 0 Å². The van der Waals surface area contributed by atoms with Crippen LogP contribution < -0.4 is 0 Å². The van der Waals surface area contributed by atoms with Crippen LogP contribution in [0.3, 0.4) is 0 Å². The quantitative estimate of drug-likeness (QED) is 0.381. The van der Waals surface area contributed by atoms with Gasteiger partial charge in [-0.1, -0.05) is 91.4 Å². The Balaban J connectivity index is 3.14. The lowest BCUT2D eigenvalue weighted by Gasteiger charge is -2.12. The lowest BCUT2D eigenvalue weighted by Crippen LogP contribution is -1.98. The first-order valence-electron chi connectivity index (χ1n) is 7.14. The van der Waals surface area contributed by atoms with Gasteiger partial charge in [-0.15, -0.1) is 0 Å². The molecule has 0 saturated heterocycles. The van der Waals surface area contributed by atoms with Gasteiger partial charge in [-0.25, -0.2) is 0 Å². The number of hydrogen-bond donors (Lipinski definition) is 0. The first kappa shape index (κ1) is 15.0. The zero-order valence-corrected chi connectivity index (χ0v) is 11.1. The summed E-state index contributed by atoms with van der Waals surface area (Å²) in [7, 11) is 0. The maximum Gasteiger partial charge on any atom is -0.0417 e. The molecule has 0 heteroatoms. The minimum atomic E-state index is 0.957. The zero-order valence-electron chi connectivity index (χ0n) is 11.1. The van der Waals surface area contributed by atoms with Crippen molar-refractivity contribution in [3.8, 4) is 0 Å². The van der Waals surface area contributed by atoms with Crippen LogP contribution in [0.25, 0.3) is 0 Å². The molecule has 15 heavy (non-hydrogen) atoms. The third kappa shape index (κ3) is 10.3. The Bertz CT molecular complexity index is 107. The second-order valence-corrected chi connectivity index (χ2v) is 4.83. The molecule has 0 nitrogen and oxygen atoms in total. The summed E-state index contributed by atoms with van der Waals surface area (Å²) in [6.45, 7) is 8.55. The highest BCUT2D eigenvalue weighted by Gasteiger charge is 2.03. The van der Waals surface area contributed by atoms with Gasteiger partial charge in [0, 0.05) is 0 Å². The average Bonchev–Trinajstić information content (AvgIpc) is 2.26. The molecule has 1 radical (unpaired) electrons. The third-order valence-corrected chi connectivity index (χ3v) is 3.41. The SMILES string of the molecule is [CH2]CCC(CC)CCCCCCCCC. The van der Waals surface area contributed by atoms with Crippen molar-refractivity contribution in [2.75, 3.05) is 0 Å². The highest BCUT2D eigenvalue weighted by atomic mass is 14.1. The third-order valence-electron chi connectivity index (χ3n) is 3.41. The van der Waals surface area contributed by atoms with Crippen molar-refractivity contribution in [2.45, 2.75) is 84.5 Å². The molecule has 1 unspecified atom stereocenters.